The van der Waals surface area contributed by atoms with Gasteiger partial charge >= 0.3 is 0 Å². The standard InChI is InChI=1S/C29H33ClFN3O4S/c1-20(2)17-32-29(36)22(4)33(18-23-10-8-9-13-26(23)31)28(35)19-34(27-15-14-24(30)16-21(27)3)39(37,38)25-11-6-5-7-12-25/h5-16,20,22H,17-19H2,1-4H3,(H,32,36)/t22-/m1/s1. The van der Waals surface area contributed by atoms with E-state index in [2.05, 4.69) is 5.32 Å². The van der Waals surface area contributed by atoms with Crippen LogP contribution in [0.4, 0.5) is 10.1 Å². The zero-order chi connectivity index (χ0) is 28.7. The third-order valence-electron chi connectivity index (χ3n) is 6.19. The molecule has 2 amide bonds. The molecular weight excluding hydrogens is 541 g/mol. The lowest BCUT2D eigenvalue weighted by Gasteiger charge is -2.32. The Morgan fingerprint density at radius 2 is 1.62 bits per heavy atom. The summed E-state index contributed by atoms with van der Waals surface area (Å²) in [5.41, 5.74) is 1.01. The predicted molar refractivity (Wildman–Crippen MR) is 151 cm³/mol. The summed E-state index contributed by atoms with van der Waals surface area (Å²) in [4.78, 5) is 28.1. The number of rotatable bonds is 11. The van der Waals surface area contributed by atoms with Gasteiger partial charge in [0.2, 0.25) is 11.8 Å². The van der Waals surface area contributed by atoms with Gasteiger partial charge in [0.1, 0.15) is 18.4 Å². The number of benzene rings is 3. The average molecular weight is 574 g/mol. The van der Waals surface area contributed by atoms with Gasteiger partial charge in [0.15, 0.2) is 0 Å². The van der Waals surface area contributed by atoms with Gasteiger partial charge < -0.3 is 10.2 Å². The number of hydrogen-bond acceptors (Lipinski definition) is 4. The monoisotopic (exact) mass is 573 g/mol. The molecule has 3 aromatic carbocycles. The largest absolute Gasteiger partial charge is 0.354 e. The molecule has 3 aromatic rings. The number of halogens is 2. The van der Waals surface area contributed by atoms with Gasteiger partial charge in [-0.15, -0.1) is 0 Å². The summed E-state index contributed by atoms with van der Waals surface area (Å²) in [6, 6.07) is 17.4. The first-order chi connectivity index (χ1) is 18.4. The summed E-state index contributed by atoms with van der Waals surface area (Å²) >= 11 is 6.12. The normalized spacial score (nSPS) is 12.2. The fourth-order valence-electron chi connectivity index (χ4n) is 3.98. The number of nitrogens with one attached hydrogen (secondary N) is 1. The van der Waals surface area contributed by atoms with Gasteiger partial charge in [0.05, 0.1) is 10.6 Å². The second kappa shape index (κ2) is 13.1. The van der Waals surface area contributed by atoms with Crippen molar-refractivity contribution in [2.75, 3.05) is 17.4 Å². The molecule has 10 heteroatoms. The zero-order valence-electron chi connectivity index (χ0n) is 22.4. The molecule has 208 valence electrons. The summed E-state index contributed by atoms with van der Waals surface area (Å²) < 4.78 is 43.2. The first-order valence-electron chi connectivity index (χ1n) is 12.6. The van der Waals surface area contributed by atoms with Crippen LogP contribution in [0.3, 0.4) is 0 Å². The minimum absolute atomic E-state index is 0.00414. The lowest BCUT2D eigenvalue weighted by molar-refractivity contribution is -0.139. The van der Waals surface area contributed by atoms with Crippen molar-refractivity contribution in [1.82, 2.24) is 10.2 Å². The number of carbonyl (C=O) groups is 2. The molecule has 0 spiro atoms. The minimum atomic E-state index is -4.20. The lowest BCUT2D eigenvalue weighted by Crippen LogP contribution is -2.51. The summed E-state index contributed by atoms with van der Waals surface area (Å²) in [5.74, 6) is -1.45. The molecule has 7 nitrogen and oxygen atoms in total. The van der Waals surface area contributed by atoms with Crippen LogP contribution in [0.25, 0.3) is 0 Å². The van der Waals surface area contributed by atoms with E-state index in [-0.39, 0.29) is 28.6 Å². The molecule has 3 rings (SSSR count). The van der Waals surface area contributed by atoms with Crippen molar-refractivity contribution in [1.29, 1.82) is 0 Å². The maximum Gasteiger partial charge on any atom is 0.264 e. The third-order valence-corrected chi connectivity index (χ3v) is 8.20. The molecule has 0 radical (unpaired) electrons. The Bertz CT molecular complexity index is 1420. The van der Waals surface area contributed by atoms with E-state index in [0.717, 1.165) is 4.31 Å². The zero-order valence-corrected chi connectivity index (χ0v) is 24.0. The van der Waals surface area contributed by atoms with Crippen LogP contribution in [0.5, 0.6) is 0 Å². The number of sulfonamides is 1. The van der Waals surface area contributed by atoms with E-state index in [1.54, 1.807) is 43.3 Å². The SMILES string of the molecule is Cc1cc(Cl)ccc1N(CC(=O)N(Cc1ccccc1F)[C@H](C)C(=O)NCC(C)C)S(=O)(=O)c1ccccc1. The topological polar surface area (TPSA) is 86.8 Å². The summed E-state index contributed by atoms with van der Waals surface area (Å²) in [5, 5.41) is 3.21. The number of carbonyl (C=O) groups excluding carboxylic acids is 2. The van der Waals surface area contributed by atoms with E-state index in [0.29, 0.717) is 17.1 Å². The molecule has 1 N–H and O–H groups in total. The van der Waals surface area contributed by atoms with Crippen molar-refractivity contribution < 1.29 is 22.4 Å². The number of anilines is 1. The van der Waals surface area contributed by atoms with Crippen molar-refractivity contribution in [3.05, 3.63) is 94.8 Å². The Balaban J connectivity index is 2.04. The molecule has 0 saturated heterocycles. The second-order valence-electron chi connectivity index (χ2n) is 9.68. The van der Waals surface area contributed by atoms with Gasteiger partial charge in [-0.3, -0.25) is 13.9 Å². The Kier molecular flexibility index (Phi) is 10.1. The van der Waals surface area contributed by atoms with Crippen LogP contribution in [0.15, 0.2) is 77.7 Å². The first-order valence-corrected chi connectivity index (χ1v) is 14.4. The molecular formula is C29H33ClFN3O4S. The van der Waals surface area contributed by atoms with E-state index in [1.807, 2.05) is 13.8 Å². The highest BCUT2D eigenvalue weighted by Gasteiger charge is 2.33. The molecule has 0 saturated carbocycles. The van der Waals surface area contributed by atoms with Crippen LogP contribution in [0.1, 0.15) is 31.9 Å². The first kappa shape index (κ1) is 30.1. The maximum absolute atomic E-state index is 14.6. The van der Waals surface area contributed by atoms with E-state index in [4.69, 9.17) is 11.6 Å². The summed E-state index contributed by atoms with van der Waals surface area (Å²) in [7, 11) is -4.20. The minimum Gasteiger partial charge on any atom is -0.354 e. The van der Waals surface area contributed by atoms with Crippen LogP contribution < -0.4 is 9.62 Å². The highest BCUT2D eigenvalue weighted by Crippen LogP contribution is 2.29. The highest BCUT2D eigenvalue weighted by atomic mass is 35.5. The second-order valence-corrected chi connectivity index (χ2v) is 12.0. The Morgan fingerprint density at radius 3 is 2.23 bits per heavy atom. The third kappa shape index (κ3) is 7.58. The molecule has 0 aliphatic rings. The Hall–Kier alpha value is -3.43. The van der Waals surface area contributed by atoms with E-state index in [9.17, 15) is 22.4 Å². The number of nitrogens with zero attached hydrogens (tertiary/aromatic N) is 2. The predicted octanol–water partition coefficient (Wildman–Crippen LogP) is 5.17. The van der Waals surface area contributed by atoms with E-state index in [1.165, 1.54) is 48.2 Å². The molecule has 0 aliphatic carbocycles. The van der Waals surface area contributed by atoms with E-state index >= 15 is 0 Å². The number of amides is 2. The Morgan fingerprint density at radius 1 is 0.974 bits per heavy atom. The van der Waals surface area contributed by atoms with Crippen LogP contribution >= 0.6 is 11.6 Å². The van der Waals surface area contributed by atoms with Crippen LogP contribution in [0.2, 0.25) is 5.02 Å². The molecule has 0 unspecified atom stereocenters. The molecule has 0 aliphatic heterocycles. The molecule has 0 bridgehead atoms. The number of hydrogen-bond donors (Lipinski definition) is 1. The van der Waals surface area contributed by atoms with Gasteiger partial charge in [0.25, 0.3) is 10.0 Å². The van der Waals surface area contributed by atoms with Crippen molar-refractivity contribution in [2.45, 2.75) is 45.2 Å². The van der Waals surface area contributed by atoms with Crippen molar-refractivity contribution in [3.63, 3.8) is 0 Å². The highest BCUT2D eigenvalue weighted by molar-refractivity contribution is 7.92. The van der Waals surface area contributed by atoms with Crippen molar-refractivity contribution >= 4 is 39.1 Å². The molecule has 0 heterocycles. The van der Waals surface area contributed by atoms with Gasteiger partial charge in [0, 0.05) is 23.7 Å². The van der Waals surface area contributed by atoms with Crippen molar-refractivity contribution in [2.24, 2.45) is 5.92 Å². The van der Waals surface area contributed by atoms with Gasteiger partial charge in [-0.1, -0.05) is 61.8 Å². The number of aryl methyl sites for hydroxylation is 1. The van der Waals surface area contributed by atoms with Gasteiger partial charge in [-0.25, -0.2) is 12.8 Å². The molecule has 1 atom stereocenters. The van der Waals surface area contributed by atoms with Gasteiger partial charge in [-0.2, -0.15) is 0 Å². The smallest absolute Gasteiger partial charge is 0.264 e. The quantitative estimate of drug-likeness (QED) is 0.343. The maximum atomic E-state index is 14.6. The molecule has 0 aromatic heterocycles. The average Bonchev–Trinajstić information content (AvgIpc) is 2.90. The molecule has 0 fully saturated rings. The van der Waals surface area contributed by atoms with Crippen LogP contribution in [-0.2, 0) is 26.2 Å². The fourth-order valence-corrected chi connectivity index (χ4v) is 5.70. The van der Waals surface area contributed by atoms with Crippen molar-refractivity contribution in [3.8, 4) is 0 Å². The molecule has 39 heavy (non-hydrogen) atoms. The lowest BCUT2D eigenvalue weighted by atomic mass is 10.1. The summed E-state index contributed by atoms with van der Waals surface area (Å²) in [6.45, 7) is 6.66. The summed E-state index contributed by atoms with van der Waals surface area (Å²) in [6.07, 6.45) is 0. The Labute approximate surface area is 234 Å². The fraction of sp³-hybridized carbons (Fsp3) is 0.310. The van der Waals surface area contributed by atoms with Gasteiger partial charge in [-0.05, 0) is 61.7 Å². The van der Waals surface area contributed by atoms with E-state index < -0.39 is 40.2 Å². The van der Waals surface area contributed by atoms with Crippen LogP contribution in [-0.4, -0.2) is 44.3 Å². The van der Waals surface area contributed by atoms with Crippen LogP contribution in [0, 0.1) is 18.7 Å².